The number of hydrogen-bond acceptors (Lipinski definition) is 5. The van der Waals surface area contributed by atoms with Crippen molar-refractivity contribution in [2.45, 2.75) is 26.7 Å². The van der Waals surface area contributed by atoms with Gasteiger partial charge in [0, 0.05) is 37.1 Å². The first-order valence-corrected chi connectivity index (χ1v) is 11.1. The van der Waals surface area contributed by atoms with Crippen LogP contribution in [-0.4, -0.2) is 59.6 Å². The average molecular weight is 436 g/mol. The van der Waals surface area contributed by atoms with E-state index in [1.165, 1.54) is 11.3 Å². The second-order valence-corrected chi connectivity index (χ2v) is 8.76. The maximum absolute atomic E-state index is 12.8. The van der Waals surface area contributed by atoms with Crippen molar-refractivity contribution in [3.63, 3.8) is 0 Å². The first kappa shape index (κ1) is 21.6. The third kappa shape index (κ3) is 5.93. The van der Waals surface area contributed by atoms with E-state index < -0.39 is 0 Å². The van der Waals surface area contributed by atoms with Crippen LogP contribution in [0.25, 0.3) is 10.6 Å². The summed E-state index contributed by atoms with van der Waals surface area (Å²) in [6.07, 6.45) is 0.695. The van der Waals surface area contributed by atoms with Gasteiger partial charge in [-0.05, 0) is 18.4 Å². The Morgan fingerprint density at radius 2 is 1.90 bits per heavy atom. The number of ether oxygens (including phenoxy) is 1. The Kier molecular flexibility index (Phi) is 7.50. The summed E-state index contributed by atoms with van der Waals surface area (Å²) in [6, 6.07) is 7.56. The molecule has 2 heterocycles. The SMILES string of the molecule is CC(C)COC(=O)N1CCCN(C(=O)Cc2csc(-c3ccccc3Cl)n2)CC1. The third-order valence-electron chi connectivity index (χ3n) is 4.64. The van der Waals surface area contributed by atoms with Crippen LogP contribution in [0.4, 0.5) is 4.79 Å². The van der Waals surface area contributed by atoms with E-state index in [2.05, 4.69) is 4.98 Å². The molecule has 8 heteroatoms. The van der Waals surface area contributed by atoms with E-state index in [1.54, 1.807) is 4.90 Å². The number of halogens is 1. The van der Waals surface area contributed by atoms with Crippen LogP contribution in [0.2, 0.25) is 5.02 Å². The van der Waals surface area contributed by atoms with Gasteiger partial charge >= 0.3 is 6.09 Å². The Bertz CT molecular complexity index is 855. The third-order valence-corrected chi connectivity index (χ3v) is 5.89. The number of amides is 2. The maximum Gasteiger partial charge on any atom is 0.409 e. The van der Waals surface area contributed by atoms with Gasteiger partial charge in [0.15, 0.2) is 0 Å². The fraction of sp³-hybridized carbons (Fsp3) is 0.476. The highest BCUT2D eigenvalue weighted by Crippen LogP contribution is 2.30. The highest BCUT2D eigenvalue weighted by Gasteiger charge is 2.23. The van der Waals surface area contributed by atoms with Gasteiger partial charge in [-0.2, -0.15) is 0 Å². The van der Waals surface area contributed by atoms with E-state index in [4.69, 9.17) is 16.3 Å². The van der Waals surface area contributed by atoms with Gasteiger partial charge in [-0.3, -0.25) is 4.79 Å². The first-order valence-electron chi connectivity index (χ1n) is 9.83. The molecular weight excluding hydrogens is 410 g/mol. The number of hydrogen-bond donors (Lipinski definition) is 0. The fourth-order valence-electron chi connectivity index (χ4n) is 3.09. The average Bonchev–Trinajstić information content (AvgIpc) is 3.00. The van der Waals surface area contributed by atoms with Crippen LogP contribution in [0.1, 0.15) is 26.0 Å². The van der Waals surface area contributed by atoms with Crippen LogP contribution in [0.3, 0.4) is 0 Å². The van der Waals surface area contributed by atoms with Gasteiger partial charge in [0.2, 0.25) is 5.91 Å². The number of carbonyl (C=O) groups excluding carboxylic acids is 2. The Hall–Kier alpha value is -2.12. The van der Waals surface area contributed by atoms with Crippen molar-refractivity contribution in [1.29, 1.82) is 0 Å². The Balaban J connectivity index is 1.55. The number of rotatable bonds is 5. The highest BCUT2D eigenvalue weighted by atomic mass is 35.5. The quantitative estimate of drug-likeness (QED) is 0.701. The first-order chi connectivity index (χ1) is 13.9. The molecule has 0 unspecified atom stereocenters. The minimum absolute atomic E-state index is 0.0263. The van der Waals surface area contributed by atoms with Crippen molar-refractivity contribution in [3.05, 3.63) is 40.4 Å². The molecule has 6 nitrogen and oxygen atoms in total. The van der Waals surface area contributed by atoms with E-state index in [0.29, 0.717) is 43.7 Å². The zero-order valence-electron chi connectivity index (χ0n) is 16.8. The summed E-state index contributed by atoms with van der Waals surface area (Å²) in [5.41, 5.74) is 1.62. The molecule has 1 saturated heterocycles. The summed E-state index contributed by atoms with van der Waals surface area (Å²) in [7, 11) is 0. The highest BCUT2D eigenvalue weighted by molar-refractivity contribution is 7.13. The monoisotopic (exact) mass is 435 g/mol. The van der Waals surface area contributed by atoms with Crippen LogP contribution < -0.4 is 0 Å². The van der Waals surface area contributed by atoms with Gasteiger partial charge in [-0.25, -0.2) is 9.78 Å². The molecule has 1 aromatic heterocycles. The molecule has 2 aromatic rings. The molecule has 1 aliphatic rings. The summed E-state index contributed by atoms with van der Waals surface area (Å²) in [6.45, 7) is 6.66. The molecule has 0 saturated carbocycles. The van der Waals surface area contributed by atoms with Crippen molar-refractivity contribution in [1.82, 2.24) is 14.8 Å². The van der Waals surface area contributed by atoms with Crippen LogP contribution in [0, 0.1) is 5.92 Å². The van der Waals surface area contributed by atoms with E-state index in [0.717, 1.165) is 22.7 Å². The number of nitrogens with zero attached hydrogens (tertiary/aromatic N) is 3. The summed E-state index contributed by atoms with van der Waals surface area (Å²) in [5, 5.41) is 3.37. The standard InChI is InChI=1S/C21H26ClN3O3S/c1-15(2)13-28-21(27)25-9-5-8-24(10-11-25)19(26)12-16-14-29-20(23-16)17-6-3-4-7-18(17)22/h3-4,6-7,14-15H,5,8-13H2,1-2H3. The lowest BCUT2D eigenvalue weighted by Crippen LogP contribution is -2.38. The lowest BCUT2D eigenvalue weighted by Gasteiger charge is -2.22. The Morgan fingerprint density at radius 1 is 1.17 bits per heavy atom. The van der Waals surface area contributed by atoms with Crippen LogP contribution in [0.5, 0.6) is 0 Å². The zero-order valence-corrected chi connectivity index (χ0v) is 18.3. The molecule has 0 aliphatic carbocycles. The number of carbonyl (C=O) groups is 2. The molecule has 1 aliphatic heterocycles. The summed E-state index contributed by atoms with van der Waals surface area (Å²) >= 11 is 7.73. The maximum atomic E-state index is 12.8. The second-order valence-electron chi connectivity index (χ2n) is 7.49. The smallest absolute Gasteiger partial charge is 0.409 e. The van der Waals surface area contributed by atoms with E-state index in [9.17, 15) is 9.59 Å². The van der Waals surface area contributed by atoms with Gasteiger partial charge in [0.1, 0.15) is 5.01 Å². The Morgan fingerprint density at radius 3 is 2.66 bits per heavy atom. The van der Waals surface area contributed by atoms with E-state index in [1.807, 2.05) is 48.4 Å². The number of benzene rings is 1. The molecule has 0 bridgehead atoms. The number of thiazole rings is 1. The minimum atomic E-state index is -0.295. The van der Waals surface area contributed by atoms with Gasteiger partial charge in [0.25, 0.3) is 0 Å². The Labute approximate surface area is 180 Å². The molecule has 29 heavy (non-hydrogen) atoms. The lowest BCUT2D eigenvalue weighted by molar-refractivity contribution is -0.130. The molecule has 0 radical (unpaired) electrons. The van der Waals surface area contributed by atoms with Crippen molar-refractivity contribution in [2.24, 2.45) is 5.92 Å². The summed E-state index contributed by atoms with van der Waals surface area (Å²) in [5.74, 6) is 0.330. The molecule has 0 spiro atoms. The van der Waals surface area contributed by atoms with E-state index in [-0.39, 0.29) is 18.4 Å². The second kappa shape index (κ2) is 10.1. The molecule has 1 fully saturated rings. The molecule has 1 aromatic carbocycles. The zero-order chi connectivity index (χ0) is 20.8. The molecule has 3 rings (SSSR count). The topological polar surface area (TPSA) is 62.7 Å². The molecule has 156 valence electrons. The minimum Gasteiger partial charge on any atom is -0.449 e. The van der Waals surface area contributed by atoms with Gasteiger partial charge in [0.05, 0.1) is 23.7 Å². The largest absolute Gasteiger partial charge is 0.449 e. The van der Waals surface area contributed by atoms with Crippen molar-refractivity contribution >= 4 is 34.9 Å². The van der Waals surface area contributed by atoms with Crippen LogP contribution in [-0.2, 0) is 16.0 Å². The summed E-state index contributed by atoms with van der Waals surface area (Å²) < 4.78 is 5.31. The fourth-order valence-corrected chi connectivity index (χ4v) is 4.23. The molecular formula is C21H26ClN3O3S. The lowest BCUT2D eigenvalue weighted by atomic mass is 10.2. The molecule has 0 atom stereocenters. The van der Waals surface area contributed by atoms with Crippen molar-refractivity contribution in [3.8, 4) is 10.6 Å². The summed E-state index contributed by atoms with van der Waals surface area (Å²) in [4.78, 5) is 33.0. The molecule has 0 N–H and O–H groups in total. The van der Waals surface area contributed by atoms with Gasteiger partial charge < -0.3 is 14.5 Å². The van der Waals surface area contributed by atoms with Gasteiger partial charge in [-0.1, -0.05) is 43.6 Å². The van der Waals surface area contributed by atoms with Crippen LogP contribution in [0.15, 0.2) is 29.6 Å². The van der Waals surface area contributed by atoms with Crippen LogP contribution >= 0.6 is 22.9 Å². The number of aromatic nitrogens is 1. The predicted octanol–water partition coefficient (Wildman–Crippen LogP) is 4.33. The van der Waals surface area contributed by atoms with Crippen molar-refractivity contribution in [2.75, 3.05) is 32.8 Å². The van der Waals surface area contributed by atoms with Gasteiger partial charge in [-0.15, -0.1) is 11.3 Å². The molecule has 2 amide bonds. The predicted molar refractivity (Wildman–Crippen MR) is 115 cm³/mol. The normalized spacial score (nSPS) is 14.8. The van der Waals surface area contributed by atoms with Crippen molar-refractivity contribution < 1.29 is 14.3 Å². The van der Waals surface area contributed by atoms with E-state index >= 15 is 0 Å².